The van der Waals surface area contributed by atoms with Gasteiger partial charge in [-0.2, -0.15) is 5.10 Å². The van der Waals surface area contributed by atoms with Crippen molar-refractivity contribution in [1.29, 1.82) is 0 Å². The zero-order valence-electron chi connectivity index (χ0n) is 16.3. The quantitative estimate of drug-likeness (QED) is 0.163. The van der Waals surface area contributed by atoms with Gasteiger partial charge in [0.25, 0.3) is 5.91 Å². The summed E-state index contributed by atoms with van der Waals surface area (Å²) in [7, 11) is 0. The fourth-order valence-electron chi connectivity index (χ4n) is 2.80. The van der Waals surface area contributed by atoms with Gasteiger partial charge in [-0.15, -0.1) is 0 Å². The molecule has 0 aliphatic rings. The van der Waals surface area contributed by atoms with Gasteiger partial charge < -0.3 is 20.5 Å². The molecule has 1 atom stereocenters. The second-order valence-electron chi connectivity index (χ2n) is 6.62. The number of benzene rings is 1. The van der Waals surface area contributed by atoms with E-state index in [2.05, 4.69) is 30.8 Å². The molecular weight excluding hydrogens is 536 g/mol. The van der Waals surface area contributed by atoms with Crippen molar-refractivity contribution in [2.24, 2.45) is 0 Å². The normalized spacial score (nSPS) is 12.1. The molecule has 4 rings (SSSR count). The Morgan fingerprint density at radius 3 is 2.94 bits per heavy atom. The molecule has 166 valence electrons. The molecule has 1 aromatic carbocycles. The minimum atomic E-state index is -1.16. The van der Waals surface area contributed by atoms with Gasteiger partial charge in [0.05, 0.1) is 42.3 Å². The number of carbonyl (C=O) groups is 1. The Labute approximate surface area is 193 Å². The Hall–Kier alpha value is -3.14. The summed E-state index contributed by atoms with van der Waals surface area (Å²) in [6.07, 6.45) is 4.93. The second kappa shape index (κ2) is 9.56. The Bertz CT molecular complexity index is 1250. The number of nitrogens with zero attached hydrogens (tertiary/aromatic N) is 4. The van der Waals surface area contributed by atoms with Crippen LogP contribution in [0, 0.1) is 9.39 Å². The van der Waals surface area contributed by atoms with E-state index < -0.39 is 24.4 Å². The lowest BCUT2D eigenvalue weighted by Gasteiger charge is -2.14. The first kappa shape index (κ1) is 22.1. The molecule has 0 fully saturated rings. The van der Waals surface area contributed by atoms with E-state index in [1.54, 1.807) is 18.5 Å². The molecular formula is C19H17FIN7O4. The molecule has 0 bridgehead atoms. The number of anilines is 2. The third kappa shape index (κ3) is 4.69. The number of H-pyrrole nitrogens is 1. The van der Waals surface area contributed by atoms with E-state index in [0.717, 1.165) is 0 Å². The molecule has 1 unspecified atom stereocenters. The average molecular weight is 553 g/mol. The molecule has 13 heteroatoms. The van der Waals surface area contributed by atoms with Crippen LogP contribution in [-0.4, -0.2) is 60.0 Å². The molecule has 1 amide bonds. The number of aromatic amines is 1. The molecule has 4 aromatic rings. The standard InChI is InChI=1S/C19H17FIN7O4/c20-14-3-10(21)1-2-15(14)25-17-13(19(31)27-32-8-11(30)7-29)6-28-18(26-17)12(4-24-28)16-5-22-9-23-16/h1-6,9,11,29-30H,7-8H2,(H,22,23)(H,25,26)(H,27,31). The van der Waals surface area contributed by atoms with Gasteiger partial charge in [0.15, 0.2) is 5.65 Å². The molecule has 0 saturated carbocycles. The van der Waals surface area contributed by atoms with Crippen LogP contribution >= 0.6 is 22.6 Å². The van der Waals surface area contributed by atoms with Crippen molar-refractivity contribution in [3.63, 3.8) is 0 Å². The number of imidazole rings is 1. The monoisotopic (exact) mass is 553 g/mol. The molecule has 11 nitrogen and oxygen atoms in total. The van der Waals surface area contributed by atoms with Crippen molar-refractivity contribution in [3.05, 3.63) is 58.1 Å². The molecule has 0 radical (unpaired) electrons. The van der Waals surface area contributed by atoms with Crippen LogP contribution in [0.1, 0.15) is 10.4 Å². The van der Waals surface area contributed by atoms with Crippen LogP contribution in [-0.2, 0) is 4.84 Å². The SMILES string of the molecule is O=C(NOCC(O)CO)c1cn2ncc(-c3cnc[nH]3)c2nc1Nc1ccc(I)cc1F. The van der Waals surface area contributed by atoms with Crippen molar-refractivity contribution in [2.45, 2.75) is 6.10 Å². The van der Waals surface area contributed by atoms with E-state index in [1.165, 1.54) is 29.2 Å². The highest BCUT2D eigenvalue weighted by atomic mass is 127. The van der Waals surface area contributed by atoms with Gasteiger partial charge in [0.1, 0.15) is 29.9 Å². The number of carbonyl (C=O) groups excluding carboxylic acids is 1. The zero-order valence-corrected chi connectivity index (χ0v) is 18.4. The summed E-state index contributed by atoms with van der Waals surface area (Å²) in [6.45, 7) is -0.843. The zero-order chi connectivity index (χ0) is 22.7. The summed E-state index contributed by atoms with van der Waals surface area (Å²) in [6, 6.07) is 4.58. The number of aliphatic hydroxyl groups excluding tert-OH is 2. The summed E-state index contributed by atoms with van der Waals surface area (Å²) < 4.78 is 16.6. The van der Waals surface area contributed by atoms with Gasteiger partial charge in [-0.1, -0.05) is 0 Å². The Balaban J connectivity index is 1.73. The van der Waals surface area contributed by atoms with E-state index >= 15 is 0 Å². The number of rotatable bonds is 8. The van der Waals surface area contributed by atoms with Gasteiger partial charge >= 0.3 is 0 Å². The van der Waals surface area contributed by atoms with Crippen molar-refractivity contribution >= 4 is 45.7 Å². The maximum Gasteiger partial charge on any atom is 0.280 e. The van der Waals surface area contributed by atoms with Gasteiger partial charge in [-0.3, -0.25) is 9.63 Å². The largest absolute Gasteiger partial charge is 0.394 e. The van der Waals surface area contributed by atoms with E-state index in [-0.39, 0.29) is 23.7 Å². The fraction of sp³-hybridized carbons (Fsp3) is 0.158. The van der Waals surface area contributed by atoms with Crippen LogP contribution < -0.4 is 10.8 Å². The first-order valence-electron chi connectivity index (χ1n) is 9.26. The van der Waals surface area contributed by atoms with Crippen LogP contribution in [0.5, 0.6) is 0 Å². The average Bonchev–Trinajstić information content (AvgIpc) is 3.44. The van der Waals surface area contributed by atoms with E-state index in [4.69, 9.17) is 9.94 Å². The Morgan fingerprint density at radius 1 is 1.38 bits per heavy atom. The second-order valence-corrected chi connectivity index (χ2v) is 7.87. The van der Waals surface area contributed by atoms with E-state index in [0.29, 0.717) is 20.5 Å². The molecule has 32 heavy (non-hydrogen) atoms. The Morgan fingerprint density at radius 2 is 2.22 bits per heavy atom. The fourth-order valence-corrected chi connectivity index (χ4v) is 3.25. The predicted octanol–water partition coefficient (Wildman–Crippen LogP) is 1.62. The summed E-state index contributed by atoms with van der Waals surface area (Å²) in [4.78, 5) is 29.1. The third-order valence-electron chi connectivity index (χ3n) is 4.36. The predicted molar refractivity (Wildman–Crippen MR) is 119 cm³/mol. The molecule has 0 spiro atoms. The van der Waals surface area contributed by atoms with Gasteiger partial charge in [0.2, 0.25) is 0 Å². The van der Waals surface area contributed by atoms with Crippen LogP contribution in [0.15, 0.2) is 43.1 Å². The van der Waals surface area contributed by atoms with Crippen molar-refractivity contribution < 1.29 is 24.2 Å². The van der Waals surface area contributed by atoms with Gasteiger partial charge in [0, 0.05) is 9.77 Å². The lowest BCUT2D eigenvalue weighted by atomic mass is 10.2. The third-order valence-corrected chi connectivity index (χ3v) is 5.03. The van der Waals surface area contributed by atoms with Crippen LogP contribution in [0.3, 0.4) is 0 Å². The summed E-state index contributed by atoms with van der Waals surface area (Å²) >= 11 is 1.99. The maximum atomic E-state index is 14.5. The van der Waals surface area contributed by atoms with Crippen molar-refractivity contribution in [1.82, 2.24) is 30.0 Å². The van der Waals surface area contributed by atoms with E-state index in [1.807, 2.05) is 22.6 Å². The maximum absolute atomic E-state index is 14.5. The number of hydrogen-bond donors (Lipinski definition) is 5. The minimum absolute atomic E-state index is 0.00759. The van der Waals surface area contributed by atoms with E-state index in [9.17, 15) is 14.3 Å². The van der Waals surface area contributed by atoms with Crippen LogP contribution in [0.25, 0.3) is 16.9 Å². The first-order valence-corrected chi connectivity index (χ1v) is 10.3. The topological polar surface area (TPSA) is 150 Å². The van der Waals surface area contributed by atoms with Crippen molar-refractivity contribution in [3.8, 4) is 11.3 Å². The molecule has 0 aliphatic heterocycles. The number of nitrogens with one attached hydrogen (secondary N) is 3. The number of hydroxylamine groups is 1. The highest BCUT2D eigenvalue weighted by Crippen LogP contribution is 2.27. The first-order chi connectivity index (χ1) is 15.5. The minimum Gasteiger partial charge on any atom is -0.394 e. The summed E-state index contributed by atoms with van der Waals surface area (Å²) in [5.74, 6) is -1.17. The molecule has 0 saturated heterocycles. The highest BCUT2D eigenvalue weighted by Gasteiger charge is 2.20. The summed E-state index contributed by atoms with van der Waals surface area (Å²) in [5.41, 5.74) is 3.99. The molecule has 5 N–H and O–H groups in total. The lowest BCUT2D eigenvalue weighted by Crippen LogP contribution is -2.30. The molecule has 3 aromatic heterocycles. The van der Waals surface area contributed by atoms with Gasteiger partial charge in [-0.05, 0) is 40.8 Å². The number of aliphatic hydroxyl groups is 2. The van der Waals surface area contributed by atoms with Gasteiger partial charge in [-0.25, -0.2) is 24.4 Å². The number of halogens is 2. The number of fused-ring (bicyclic) bond motifs is 1. The Kier molecular flexibility index (Phi) is 6.59. The lowest BCUT2D eigenvalue weighted by molar-refractivity contribution is -0.0295. The smallest absolute Gasteiger partial charge is 0.280 e. The van der Waals surface area contributed by atoms with Crippen LogP contribution in [0.4, 0.5) is 15.9 Å². The van der Waals surface area contributed by atoms with Crippen molar-refractivity contribution in [2.75, 3.05) is 18.5 Å². The summed E-state index contributed by atoms with van der Waals surface area (Å²) in [5, 5.41) is 25.3. The number of aromatic nitrogens is 5. The number of amides is 1. The highest BCUT2D eigenvalue weighted by molar-refractivity contribution is 14.1. The molecule has 3 heterocycles. The van der Waals surface area contributed by atoms with Crippen LogP contribution in [0.2, 0.25) is 0 Å². The number of hydrogen-bond acceptors (Lipinski definition) is 8. The molecule has 0 aliphatic carbocycles.